The van der Waals surface area contributed by atoms with E-state index in [-0.39, 0.29) is 11.7 Å². The SMILES string of the molecule is CCN(CC)C(=O)C1CCN(Cc2cccc(OC)c2O)CC1. The molecular weight excluding hydrogens is 292 g/mol. The molecule has 1 aromatic carbocycles. The van der Waals surface area contributed by atoms with E-state index in [1.807, 2.05) is 30.9 Å². The topological polar surface area (TPSA) is 53.0 Å². The van der Waals surface area contributed by atoms with E-state index >= 15 is 0 Å². The van der Waals surface area contributed by atoms with Crippen molar-refractivity contribution >= 4 is 5.91 Å². The third-order valence-corrected chi connectivity index (χ3v) is 4.71. The first-order valence-electron chi connectivity index (χ1n) is 8.46. The minimum atomic E-state index is 0.144. The van der Waals surface area contributed by atoms with Crippen molar-refractivity contribution in [1.29, 1.82) is 0 Å². The number of carbonyl (C=O) groups is 1. The molecule has 1 N–H and O–H groups in total. The molecule has 23 heavy (non-hydrogen) atoms. The molecule has 1 saturated heterocycles. The first-order valence-corrected chi connectivity index (χ1v) is 8.46. The largest absolute Gasteiger partial charge is 0.504 e. The molecule has 5 nitrogen and oxygen atoms in total. The minimum Gasteiger partial charge on any atom is -0.504 e. The predicted octanol–water partition coefficient (Wildman–Crippen LogP) is 2.48. The van der Waals surface area contributed by atoms with Crippen LogP contribution in [0.1, 0.15) is 32.3 Å². The molecule has 0 atom stereocenters. The fourth-order valence-electron chi connectivity index (χ4n) is 3.23. The maximum Gasteiger partial charge on any atom is 0.225 e. The summed E-state index contributed by atoms with van der Waals surface area (Å²) in [6, 6.07) is 5.57. The van der Waals surface area contributed by atoms with Crippen molar-refractivity contribution in [2.24, 2.45) is 5.92 Å². The van der Waals surface area contributed by atoms with Crippen LogP contribution in [0.25, 0.3) is 0 Å². The Morgan fingerprint density at radius 2 is 1.96 bits per heavy atom. The molecular formula is C18H28N2O3. The summed E-state index contributed by atoms with van der Waals surface area (Å²) in [5, 5.41) is 10.2. The molecule has 0 radical (unpaired) electrons. The normalized spacial score (nSPS) is 16.3. The number of likely N-dealkylation sites (tertiary alicyclic amines) is 1. The van der Waals surface area contributed by atoms with Crippen LogP contribution in [0.2, 0.25) is 0 Å². The Morgan fingerprint density at radius 3 is 2.52 bits per heavy atom. The summed E-state index contributed by atoms with van der Waals surface area (Å²) < 4.78 is 5.16. The second-order valence-electron chi connectivity index (χ2n) is 6.03. The molecule has 1 heterocycles. The molecule has 1 aliphatic rings. The number of phenolic OH excluding ortho intramolecular Hbond substituents is 1. The van der Waals surface area contributed by atoms with E-state index in [0.717, 1.165) is 44.6 Å². The number of ether oxygens (including phenoxy) is 1. The molecule has 0 unspecified atom stereocenters. The Hall–Kier alpha value is -1.75. The second kappa shape index (κ2) is 8.20. The Labute approximate surface area is 138 Å². The van der Waals surface area contributed by atoms with Crippen LogP contribution in [0.4, 0.5) is 0 Å². The highest BCUT2D eigenvalue weighted by atomic mass is 16.5. The maximum absolute atomic E-state index is 12.4. The van der Waals surface area contributed by atoms with Gasteiger partial charge in [-0.25, -0.2) is 0 Å². The van der Waals surface area contributed by atoms with Gasteiger partial charge in [0.2, 0.25) is 5.91 Å². The molecule has 1 aliphatic heterocycles. The fraction of sp³-hybridized carbons (Fsp3) is 0.611. The van der Waals surface area contributed by atoms with Crippen molar-refractivity contribution in [1.82, 2.24) is 9.80 Å². The molecule has 128 valence electrons. The molecule has 0 aliphatic carbocycles. The summed E-state index contributed by atoms with van der Waals surface area (Å²) in [4.78, 5) is 16.6. The first kappa shape index (κ1) is 17.6. The van der Waals surface area contributed by atoms with Crippen LogP contribution in [0.5, 0.6) is 11.5 Å². The molecule has 1 aromatic rings. The smallest absolute Gasteiger partial charge is 0.225 e. The molecule has 0 spiro atoms. The standard InChI is InChI=1S/C18H28N2O3/c1-4-20(5-2)18(22)14-9-11-19(12-10-14)13-15-7-6-8-16(23-3)17(15)21/h6-8,14,21H,4-5,9-13H2,1-3H3. The predicted molar refractivity (Wildman–Crippen MR) is 90.6 cm³/mol. The average Bonchev–Trinajstić information content (AvgIpc) is 2.58. The first-order chi connectivity index (χ1) is 11.1. The quantitative estimate of drug-likeness (QED) is 0.875. The number of piperidine rings is 1. The number of methoxy groups -OCH3 is 1. The summed E-state index contributed by atoms with van der Waals surface area (Å²) in [6.07, 6.45) is 1.78. The average molecular weight is 320 g/mol. The van der Waals surface area contributed by atoms with Gasteiger partial charge in [-0.2, -0.15) is 0 Å². The number of aromatic hydroxyl groups is 1. The highest BCUT2D eigenvalue weighted by Gasteiger charge is 2.27. The monoisotopic (exact) mass is 320 g/mol. The number of hydrogen-bond acceptors (Lipinski definition) is 4. The van der Waals surface area contributed by atoms with Crippen LogP contribution >= 0.6 is 0 Å². The van der Waals surface area contributed by atoms with E-state index in [1.165, 1.54) is 0 Å². The molecule has 1 amide bonds. The van der Waals surface area contributed by atoms with Crippen LogP contribution in [-0.2, 0) is 11.3 Å². The summed E-state index contributed by atoms with van der Waals surface area (Å²) >= 11 is 0. The van der Waals surface area contributed by atoms with Crippen molar-refractivity contribution in [3.8, 4) is 11.5 Å². The number of para-hydroxylation sites is 1. The maximum atomic E-state index is 12.4. The van der Waals surface area contributed by atoms with Gasteiger partial charge < -0.3 is 14.7 Å². The lowest BCUT2D eigenvalue weighted by molar-refractivity contribution is -0.136. The van der Waals surface area contributed by atoms with Crippen LogP contribution < -0.4 is 4.74 Å². The van der Waals surface area contributed by atoms with Crippen LogP contribution in [0, 0.1) is 5.92 Å². The van der Waals surface area contributed by atoms with Crippen LogP contribution in [0.15, 0.2) is 18.2 Å². The molecule has 0 bridgehead atoms. The Bertz CT molecular complexity index is 521. The van der Waals surface area contributed by atoms with Crippen LogP contribution in [0.3, 0.4) is 0 Å². The highest BCUT2D eigenvalue weighted by molar-refractivity contribution is 5.78. The lowest BCUT2D eigenvalue weighted by Gasteiger charge is -2.33. The number of rotatable bonds is 6. The van der Waals surface area contributed by atoms with E-state index in [2.05, 4.69) is 4.90 Å². The van der Waals surface area contributed by atoms with Gasteiger partial charge in [0, 0.05) is 31.1 Å². The van der Waals surface area contributed by atoms with Gasteiger partial charge in [-0.05, 0) is 45.8 Å². The zero-order chi connectivity index (χ0) is 16.8. The van der Waals surface area contributed by atoms with Gasteiger partial charge in [0.05, 0.1) is 7.11 Å². The number of carbonyl (C=O) groups excluding carboxylic acids is 1. The molecule has 2 rings (SSSR count). The number of nitrogens with zero attached hydrogens (tertiary/aromatic N) is 2. The van der Waals surface area contributed by atoms with Crippen molar-refractivity contribution in [2.75, 3.05) is 33.3 Å². The lowest BCUT2D eigenvalue weighted by Crippen LogP contribution is -2.42. The molecule has 0 saturated carbocycles. The Kier molecular flexibility index (Phi) is 6.28. The summed E-state index contributed by atoms with van der Waals surface area (Å²) in [6.45, 7) is 8.09. The van der Waals surface area contributed by atoms with Gasteiger partial charge in [0.25, 0.3) is 0 Å². The lowest BCUT2D eigenvalue weighted by atomic mass is 9.95. The van der Waals surface area contributed by atoms with Crippen molar-refractivity contribution < 1.29 is 14.6 Å². The molecule has 0 aromatic heterocycles. The zero-order valence-electron chi connectivity index (χ0n) is 14.4. The van der Waals surface area contributed by atoms with E-state index in [9.17, 15) is 9.90 Å². The molecule has 5 heteroatoms. The van der Waals surface area contributed by atoms with Gasteiger partial charge >= 0.3 is 0 Å². The number of amides is 1. The summed E-state index contributed by atoms with van der Waals surface area (Å²) in [7, 11) is 1.56. The van der Waals surface area contributed by atoms with Gasteiger partial charge in [0.15, 0.2) is 11.5 Å². The number of phenols is 1. The van der Waals surface area contributed by atoms with Gasteiger partial charge in [0.1, 0.15) is 0 Å². The van der Waals surface area contributed by atoms with Gasteiger partial charge in [-0.3, -0.25) is 9.69 Å². The Morgan fingerprint density at radius 1 is 1.30 bits per heavy atom. The van der Waals surface area contributed by atoms with E-state index in [4.69, 9.17) is 4.74 Å². The molecule has 1 fully saturated rings. The highest BCUT2D eigenvalue weighted by Crippen LogP contribution is 2.31. The van der Waals surface area contributed by atoms with Crippen molar-refractivity contribution in [3.63, 3.8) is 0 Å². The van der Waals surface area contributed by atoms with Crippen molar-refractivity contribution in [3.05, 3.63) is 23.8 Å². The van der Waals surface area contributed by atoms with Gasteiger partial charge in [-0.15, -0.1) is 0 Å². The van der Waals surface area contributed by atoms with E-state index < -0.39 is 0 Å². The summed E-state index contributed by atoms with van der Waals surface area (Å²) in [5.74, 6) is 1.16. The third kappa shape index (κ3) is 4.16. The van der Waals surface area contributed by atoms with E-state index in [0.29, 0.717) is 18.2 Å². The summed E-state index contributed by atoms with van der Waals surface area (Å²) in [5.41, 5.74) is 0.873. The zero-order valence-corrected chi connectivity index (χ0v) is 14.4. The number of hydrogen-bond donors (Lipinski definition) is 1. The number of benzene rings is 1. The second-order valence-corrected chi connectivity index (χ2v) is 6.03. The van der Waals surface area contributed by atoms with Crippen LogP contribution in [-0.4, -0.2) is 54.1 Å². The third-order valence-electron chi connectivity index (χ3n) is 4.71. The fourth-order valence-corrected chi connectivity index (χ4v) is 3.23. The van der Waals surface area contributed by atoms with E-state index in [1.54, 1.807) is 13.2 Å². The minimum absolute atomic E-state index is 0.144. The van der Waals surface area contributed by atoms with Gasteiger partial charge in [-0.1, -0.05) is 12.1 Å². The Balaban J connectivity index is 1.91. The van der Waals surface area contributed by atoms with Crippen molar-refractivity contribution in [2.45, 2.75) is 33.2 Å².